The second-order valence-corrected chi connectivity index (χ2v) is 10.2. The van der Waals surface area contributed by atoms with Crippen LogP contribution >= 0.6 is 27.5 Å². The van der Waals surface area contributed by atoms with Gasteiger partial charge < -0.3 is 19.2 Å². The van der Waals surface area contributed by atoms with Crippen molar-refractivity contribution >= 4 is 56.5 Å². The number of hydrazone groups is 1. The molecule has 6 rings (SSSR count). The molecule has 8 nitrogen and oxygen atoms in total. The number of carbonyl (C=O) groups excluding carboxylic acids is 2. The number of aromatic amines is 1. The number of hydrogen-bond acceptors (Lipinski definition) is 6. The molecule has 0 saturated carbocycles. The minimum absolute atomic E-state index is 0.0825. The van der Waals surface area contributed by atoms with Gasteiger partial charge in [0, 0.05) is 31.6 Å². The van der Waals surface area contributed by atoms with E-state index >= 15 is 0 Å². The molecule has 1 aliphatic rings. The average molecular weight is 635 g/mol. The van der Waals surface area contributed by atoms with E-state index in [9.17, 15) is 14.0 Å². The number of aromatic nitrogens is 1. The Morgan fingerprint density at radius 3 is 2.71 bits per heavy atom. The number of benzene rings is 4. The first-order valence-electron chi connectivity index (χ1n) is 12.2. The molecule has 2 heterocycles. The summed E-state index contributed by atoms with van der Waals surface area (Å²) in [6.07, 6.45) is 1.34. The van der Waals surface area contributed by atoms with E-state index in [4.69, 9.17) is 25.8 Å². The molecule has 41 heavy (non-hydrogen) atoms. The van der Waals surface area contributed by atoms with Crippen molar-refractivity contribution in [2.75, 3.05) is 6.79 Å². The molecule has 0 atom stereocenters. The molecule has 2 N–H and O–H groups in total. The predicted molar refractivity (Wildman–Crippen MR) is 155 cm³/mol. The quantitative estimate of drug-likeness (QED) is 0.0898. The molecule has 204 valence electrons. The molecule has 1 amide bonds. The first-order valence-corrected chi connectivity index (χ1v) is 13.4. The van der Waals surface area contributed by atoms with E-state index < -0.39 is 17.7 Å². The molecular weight excluding hydrogens is 617 g/mol. The van der Waals surface area contributed by atoms with Crippen LogP contribution in [0.4, 0.5) is 4.39 Å². The maximum Gasteiger partial charge on any atom is 0.343 e. The standard InChI is InChI=1S/C30H18BrClFN3O5/c31-18-9-11-23(41-30(38)16-8-10-24-25(13-16)40-15-39-24)17(12-18)14-34-36-29(37)28-26(19-4-1-2-6-21(19)32)20-5-3-7-22(33)27(20)35-28/h1-14,35H,15H2,(H,36,37). The molecule has 0 unspecified atom stereocenters. The molecule has 0 saturated heterocycles. The molecule has 4 aromatic carbocycles. The number of amides is 1. The van der Waals surface area contributed by atoms with Gasteiger partial charge in [-0.1, -0.05) is 57.9 Å². The van der Waals surface area contributed by atoms with Crippen molar-refractivity contribution < 1.29 is 28.2 Å². The minimum Gasteiger partial charge on any atom is -0.454 e. The van der Waals surface area contributed by atoms with Gasteiger partial charge in [0.2, 0.25) is 6.79 Å². The maximum atomic E-state index is 14.6. The van der Waals surface area contributed by atoms with Gasteiger partial charge in [-0.15, -0.1) is 0 Å². The van der Waals surface area contributed by atoms with Gasteiger partial charge in [-0.3, -0.25) is 4.79 Å². The van der Waals surface area contributed by atoms with Crippen LogP contribution in [0.5, 0.6) is 17.2 Å². The first-order chi connectivity index (χ1) is 19.9. The molecule has 11 heteroatoms. The zero-order chi connectivity index (χ0) is 28.5. The van der Waals surface area contributed by atoms with Crippen LogP contribution in [0.25, 0.3) is 22.0 Å². The van der Waals surface area contributed by atoms with Gasteiger partial charge >= 0.3 is 5.97 Å². The van der Waals surface area contributed by atoms with E-state index in [1.54, 1.807) is 66.7 Å². The Morgan fingerprint density at radius 1 is 1.02 bits per heavy atom. The Kier molecular flexibility index (Phi) is 7.17. The second kappa shape index (κ2) is 11.1. The third-order valence-corrected chi connectivity index (χ3v) is 7.13. The second-order valence-electron chi connectivity index (χ2n) is 8.86. The zero-order valence-electron chi connectivity index (χ0n) is 20.9. The van der Waals surface area contributed by atoms with Gasteiger partial charge in [0.25, 0.3) is 5.91 Å². The summed E-state index contributed by atoms with van der Waals surface area (Å²) in [6, 6.07) is 21.2. The number of hydrogen-bond donors (Lipinski definition) is 2. The van der Waals surface area contributed by atoms with Crippen molar-refractivity contribution in [1.29, 1.82) is 0 Å². The van der Waals surface area contributed by atoms with Gasteiger partial charge in [0.15, 0.2) is 11.5 Å². The highest BCUT2D eigenvalue weighted by molar-refractivity contribution is 9.10. The predicted octanol–water partition coefficient (Wildman–Crippen LogP) is 7.10. The summed E-state index contributed by atoms with van der Waals surface area (Å²) in [5.41, 5.74) is 4.39. The summed E-state index contributed by atoms with van der Waals surface area (Å²) in [6.45, 7) is 0.0835. The van der Waals surface area contributed by atoms with Crippen LogP contribution in [0.1, 0.15) is 26.4 Å². The van der Waals surface area contributed by atoms with E-state index in [-0.39, 0.29) is 29.3 Å². The molecule has 5 aromatic rings. The van der Waals surface area contributed by atoms with Crippen molar-refractivity contribution in [2.24, 2.45) is 5.10 Å². The number of fused-ring (bicyclic) bond motifs is 2. The minimum atomic E-state index is -0.624. The number of rotatable bonds is 6. The first kappa shape index (κ1) is 26.5. The lowest BCUT2D eigenvalue weighted by Gasteiger charge is -2.09. The van der Waals surface area contributed by atoms with Crippen LogP contribution in [0, 0.1) is 5.82 Å². The van der Waals surface area contributed by atoms with E-state index in [1.165, 1.54) is 18.3 Å². The number of nitrogens with one attached hydrogen (secondary N) is 2. The van der Waals surface area contributed by atoms with Crippen LogP contribution in [0.2, 0.25) is 5.02 Å². The normalized spacial score (nSPS) is 12.2. The zero-order valence-corrected chi connectivity index (χ0v) is 23.3. The summed E-state index contributed by atoms with van der Waals surface area (Å²) in [4.78, 5) is 29.0. The Bertz CT molecular complexity index is 1870. The van der Waals surface area contributed by atoms with Crippen LogP contribution in [-0.4, -0.2) is 29.9 Å². The number of carbonyl (C=O) groups is 2. The fourth-order valence-electron chi connectivity index (χ4n) is 4.41. The van der Waals surface area contributed by atoms with Gasteiger partial charge in [-0.25, -0.2) is 14.6 Å². The molecular formula is C30H18BrClFN3O5. The highest BCUT2D eigenvalue weighted by atomic mass is 79.9. The number of esters is 1. The lowest BCUT2D eigenvalue weighted by atomic mass is 10.0. The van der Waals surface area contributed by atoms with Crippen LogP contribution < -0.4 is 19.6 Å². The van der Waals surface area contributed by atoms with Crippen LogP contribution in [-0.2, 0) is 0 Å². The summed E-state index contributed by atoms with van der Waals surface area (Å²) in [5.74, 6) is -0.550. The number of nitrogens with zero attached hydrogens (tertiary/aromatic N) is 1. The largest absolute Gasteiger partial charge is 0.454 e. The summed E-state index contributed by atoms with van der Waals surface area (Å²) in [7, 11) is 0. The number of H-pyrrole nitrogens is 1. The highest BCUT2D eigenvalue weighted by Gasteiger charge is 2.22. The molecule has 0 aliphatic carbocycles. The molecule has 0 bridgehead atoms. The summed E-state index contributed by atoms with van der Waals surface area (Å²) in [5, 5.41) is 4.98. The molecule has 0 radical (unpaired) electrons. The van der Waals surface area contributed by atoms with Crippen molar-refractivity contribution in [3.63, 3.8) is 0 Å². The Morgan fingerprint density at radius 2 is 1.85 bits per heavy atom. The van der Waals surface area contributed by atoms with Gasteiger partial charge in [0.1, 0.15) is 17.3 Å². The fourth-order valence-corrected chi connectivity index (χ4v) is 5.02. The average Bonchev–Trinajstić information content (AvgIpc) is 3.60. The maximum absolute atomic E-state index is 14.6. The Balaban J connectivity index is 1.27. The van der Waals surface area contributed by atoms with Gasteiger partial charge in [-0.2, -0.15) is 5.10 Å². The number of halogens is 3. The van der Waals surface area contributed by atoms with E-state index in [2.05, 4.69) is 31.4 Å². The molecule has 1 aliphatic heterocycles. The van der Waals surface area contributed by atoms with Crippen molar-refractivity contribution in [3.8, 4) is 28.4 Å². The van der Waals surface area contributed by atoms with Crippen molar-refractivity contribution in [2.45, 2.75) is 0 Å². The van der Waals surface area contributed by atoms with E-state index in [0.29, 0.717) is 43.1 Å². The van der Waals surface area contributed by atoms with Crippen molar-refractivity contribution in [1.82, 2.24) is 10.4 Å². The molecule has 0 spiro atoms. The van der Waals surface area contributed by atoms with Crippen LogP contribution in [0.15, 0.2) is 88.4 Å². The van der Waals surface area contributed by atoms with Gasteiger partial charge in [0.05, 0.1) is 17.3 Å². The van der Waals surface area contributed by atoms with Gasteiger partial charge in [-0.05, 0) is 48.5 Å². The third kappa shape index (κ3) is 5.27. The SMILES string of the molecule is O=C(Oc1ccc(Br)cc1C=NNC(=O)c1[nH]c2c(F)cccc2c1-c1ccccc1Cl)c1ccc2c(c1)OCO2. The summed E-state index contributed by atoms with van der Waals surface area (Å²) >= 11 is 9.83. The number of para-hydroxylation sites is 1. The smallest absolute Gasteiger partial charge is 0.343 e. The lowest BCUT2D eigenvalue weighted by Crippen LogP contribution is -2.19. The lowest BCUT2D eigenvalue weighted by molar-refractivity contribution is 0.0733. The number of ether oxygens (including phenoxy) is 3. The highest BCUT2D eigenvalue weighted by Crippen LogP contribution is 2.37. The fraction of sp³-hybridized carbons (Fsp3) is 0.0333. The third-order valence-electron chi connectivity index (χ3n) is 6.31. The van der Waals surface area contributed by atoms with Crippen LogP contribution in [0.3, 0.4) is 0 Å². The monoisotopic (exact) mass is 633 g/mol. The molecule has 1 aromatic heterocycles. The van der Waals surface area contributed by atoms with E-state index in [1.807, 2.05) is 0 Å². The molecule has 0 fully saturated rings. The topological polar surface area (TPSA) is 102 Å². The Hall–Kier alpha value is -4.67. The summed E-state index contributed by atoms with van der Waals surface area (Å²) < 4.78 is 31.5. The van der Waals surface area contributed by atoms with Crippen molar-refractivity contribution in [3.05, 3.63) is 111 Å². The Labute approximate surface area is 245 Å². The van der Waals surface area contributed by atoms with E-state index in [0.717, 1.165) is 0 Å².